The van der Waals surface area contributed by atoms with E-state index in [1.165, 1.54) is 0 Å². The van der Waals surface area contributed by atoms with E-state index in [4.69, 9.17) is 23.2 Å². The summed E-state index contributed by atoms with van der Waals surface area (Å²) in [6.07, 6.45) is 1.51. The number of hydrogen-bond donors (Lipinski definition) is 0. The Morgan fingerprint density at radius 3 is 2.53 bits per heavy atom. The molecule has 2 heterocycles. The molecule has 0 radical (unpaired) electrons. The minimum absolute atomic E-state index is 0.0994. The monoisotopic (exact) mass is 278 g/mol. The van der Waals surface area contributed by atoms with Crippen molar-refractivity contribution in [2.45, 2.75) is 44.1 Å². The highest BCUT2D eigenvalue weighted by atomic mass is 35.5. The van der Waals surface area contributed by atoms with Gasteiger partial charge in [-0.05, 0) is 18.8 Å². The molecule has 2 fully saturated rings. The van der Waals surface area contributed by atoms with E-state index in [1.54, 1.807) is 0 Å². The minimum Gasteiger partial charge on any atom is -0.324 e. The molecule has 0 aromatic heterocycles. The summed E-state index contributed by atoms with van der Waals surface area (Å²) < 4.78 is 0. The van der Waals surface area contributed by atoms with Crippen molar-refractivity contribution >= 4 is 29.1 Å². The molecular weight excluding hydrogens is 259 g/mol. The maximum Gasteiger partial charge on any atom is 0.224 e. The minimum atomic E-state index is -0.404. The van der Waals surface area contributed by atoms with E-state index in [-0.39, 0.29) is 17.0 Å². The van der Waals surface area contributed by atoms with Gasteiger partial charge in [0.15, 0.2) is 0 Å². The van der Waals surface area contributed by atoms with Crippen molar-refractivity contribution in [3.05, 3.63) is 0 Å². The van der Waals surface area contributed by atoms with Gasteiger partial charge in [-0.3, -0.25) is 9.69 Å². The fourth-order valence-electron chi connectivity index (χ4n) is 3.06. The molecule has 5 heteroatoms. The first-order valence-corrected chi connectivity index (χ1v) is 6.96. The standard InChI is InChI=1S/C12H20Cl2N2O/c1-11(2)7-15(6-9(13)14)12(3)5-4-10(17)16(12)8-11/h9H,4-8H2,1-3H3. The lowest BCUT2D eigenvalue weighted by molar-refractivity contribution is -0.149. The number of alkyl halides is 2. The molecule has 17 heavy (non-hydrogen) atoms. The Hall–Kier alpha value is 0.01000. The van der Waals surface area contributed by atoms with Crippen molar-refractivity contribution < 1.29 is 4.79 Å². The van der Waals surface area contributed by atoms with Gasteiger partial charge in [0.05, 0.1) is 5.66 Å². The Morgan fingerprint density at radius 2 is 1.94 bits per heavy atom. The first-order valence-electron chi connectivity index (χ1n) is 6.08. The average Bonchev–Trinajstić information content (AvgIpc) is 2.44. The summed E-state index contributed by atoms with van der Waals surface area (Å²) >= 11 is 11.8. The maximum atomic E-state index is 12.0. The van der Waals surface area contributed by atoms with E-state index < -0.39 is 4.84 Å². The third-order valence-electron chi connectivity index (χ3n) is 3.94. The summed E-state index contributed by atoms with van der Waals surface area (Å²) in [7, 11) is 0. The van der Waals surface area contributed by atoms with Gasteiger partial charge < -0.3 is 4.90 Å². The average molecular weight is 279 g/mol. The molecule has 98 valence electrons. The number of halogens is 2. The molecule has 0 aromatic rings. The summed E-state index contributed by atoms with van der Waals surface area (Å²) in [6.45, 7) is 8.87. The quantitative estimate of drug-likeness (QED) is 0.725. The predicted molar refractivity (Wildman–Crippen MR) is 70.2 cm³/mol. The van der Waals surface area contributed by atoms with Crippen molar-refractivity contribution in [1.29, 1.82) is 0 Å². The number of carbonyl (C=O) groups is 1. The highest BCUT2D eigenvalue weighted by molar-refractivity contribution is 6.44. The predicted octanol–water partition coefficient (Wildman–Crippen LogP) is 2.47. The van der Waals surface area contributed by atoms with E-state index in [2.05, 4.69) is 25.7 Å². The van der Waals surface area contributed by atoms with Gasteiger partial charge in [-0.25, -0.2) is 0 Å². The van der Waals surface area contributed by atoms with Crippen LogP contribution in [0, 0.1) is 5.41 Å². The van der Waals surface area contributed by atoms with Crippen molar-refractivity contribution in [3.8, 4) is 0 Å². The van der Waals surface area contributed by atoms with Crippen LogP contribution in [0.25, 0.3) is 0 Å². The Labute approximate surface area is 113 Å². The van der Waals surface area contributed by atoms with Crippen molar-refractivity contribution in [2.24, 2.45) is 5.41 Å². The molecule has 2 saturated heterocycles. The summed E-state index contributed by atoms with van der Waals surface area (Å²) in [5.74, 6) is 0.256. The zero-order valence-electron chi connectivity index (χ0n) is 10.7. The highest BCUT2D eigenvalue weighted by Crippen LogP contribution is 2.41. The second-order valence-electron chi connectivity index (χ2n) is 6.13. The molecule has 3 nitrogen and oxygen atoms in total. The molecular formula is C12H20Cl2N2O. The third kappa shape index (κ3) is 2.42. The van der Waals surface area contributed by atoms with Gasteiger partial charge in [-0.15, -0.1) is 23.2 Å². The Balaban J connectivity index is 2.26. The third-order valence-corrected chi connectivity index (χ3v) is 4.22. The molecule has 2 aliphatic heterocycles. The highest BCUT2D eigenvalue weighted by Gasteiger charge is 2.52. The fourth-order valence-corrected chi connectivity index (χ4v) is 3.40. The lowest BCUT2D eigenvalue weighted by atomic mass is 9.86. The SMILES string of the molecule is CC1(C)CN(CC(Cl)Cl)C2(C)CCC(=O)N2C1. The zero-order valence-corrected chi connectivity index (χ0v) is 12.2. The van der Waals surface area contributed by atoms with E-state index in [0.717, 1.165) is 19.5 Å². The van der Waals surface area contributed by atoms with E-state index in [9.17, 15) is 4.79 Å². The molecule has 1 unspecified atom stereocenters. The van der Waals surface area contributed by atoms with Crippen LogP contribution in [-0.2, 0) is 4.79 Å². The molecule has 0 aliphatic carbocycles. The molecule has 0 saturated carbocycles. The van der Waals surface area contributed by atoms with Gasteiger partial charge >= 0.3 is 0 Å². The molecule has 0 spiro atoms. The summed E-state index contributed by atoms with van der Waals surface area (Å²) in [5, 5.41) is 0. The van der Waals surface area contributed by atoms with Crippen LogP contribution >= 0.6 is 23.2 Å². The number of nitrogens with zero attached hydrogens (tertiary/aromatic N) is 2. The lowest BCUT2D eigenvalue weighted by Crippen LogP contribution is -2.66. The second-order valence-corrected chi connectivity index (χ2v) is 7.41. The van der Waals surface area contributed by atoms with Crippen LogP contribution in [0.1, 0.15) is 33.6 Å². The zero-order chi connectivity index (χ0) is 12.8. The molecule has 1 atom stereocenters. The van der Waals surface area contributed by atoms with Gasteiger partial charge in [-0.2, -0.15) is 0 Å². The van der Waals surface area contributed by atoms with Crippen LogP contribution < -0.4 is 0 Å². The molecule has 0 aromatic carbocycles. The maximum absolute atomic E-state index is 12.0. The number of rotatable bonds is 2. The van der Waals surface area contributed by atoms with E-state index >= 15 is 0 Å². The van der Waals surface area contributed by atoms with Crippen molar-refractivity contribution in [1.82, 2.24) is 9.80 Å². The van der Waals surface area contributed by atoms with Crippen LogP contribution in [0.3, 0.4) is 0 Å². The van der Waals surface area contributed by atoms with Crippen LogP contribution in [0.4, 0.5) is 0 Å². The van der Waals surface area contributed by atoms with E-state index in [0.29, 0.717) is 13.0 Å². The second kappa shape index (κ2) is 4.29. The van der Waals surface area contributed by atoms with Crippen LogP contribution in [0.5, 0.6) is 0 Å². The summed E-state index contributed by atoms with van der Waals surface area (Å²) in [5.41, 5.74) is -0.0865. The van der Waals surface area contributed by atoms with Crippen LogP contribution in [0.2, 0.25) is 0 Å². The number of hydrogen-bond acceptors (Lipinski definition) is 2. The number of amides is 1. The Kier molecular flexibility index (Phi) is 3.39. The van der Waals surface area contributed by atoms with Gasteiger partial charge in [0, 0.05) is 26.1 Å². The smallest absolute Gasteiger partial charge is 0.224 e. The summed E-state index contributed by atoms with van der Waals surface area (Å²) in [4.78, 5) is 15.8. The van der Waals surface area contributed by atoms with Crippen LogP contribution in [0.15, 0.2) is 0 Å². The van der Waals surface area contributed by atoms with Gasteiger partial charge in [0.1, 0.15) is 4.84 Å². The normalized spacial score (nSPS) is 33.3. The first-order chi connectivity index (χ1) is 7.74. The van der Waals surface area contributed by atoms with Crippen molar-refractivity contribution in [3.63, 3.8) is 0 Å². The number of fused-ring (bicyclic) bond motifs is 1. The van der Waals surface area contributed by atoms with Crippen molar-refractivity contribution in [2.75, 3.05) is 19.6 Å². The Bertz CT molecular complexity index is 332. The van der Waals surface area contributed by atoms with Crippen LogP contribution in [-0.4, -0.2) is 45.8 Å². The van der Waals surface area contributed by atoms with E-state index in [1.807, 2.05) is 4.90 Å². The molecule has 2 rings (SSSR count). The van der Waals surface area contributed by atoms with Gasteiger partial charge in [-0.1, -0.05) is 13.8 Å². The molecule has 0 bridgehead atoms. The molecule has 0 N–H and O–H groups in total. The van der Waals surface area contributed by atoms with Gasteiger partial charge in [0.25, 0.3) is 0 Å². The topological polar surface area (TPSA) is 23.6 Å². The molecule has 1 amide bonds. The lowest BCUT2D eigenvalue weighted by Gasteiger charge is -2.54. The largest absolute Gasteiger partial charge is 0.324 e. The summed E-state index contributed by atoms with van der Waals surface area (Å²) in [6, 6.07) is 0. The first kappa shape index (κ1) is 13.4. The Morgan fingerprint density at radius 1 is 1.29 bits per heavy atom. The fraction of sp³-hybridized carbons (Fsp3) is 0.917. The molecule has 2 aliphatic rings. The van der Waals surface area contributed by atoms with Gasteiger partial charge in [0.2, 0.25) is 5.91 Å². The number of carbonyl (C=O) groups excluding carboxylic acids is 1.